The van der Waals surface area contributed by atoms with Gasteiger partial charge in [-0.3, -0.25) is 0 Å². The normalized spacial score (nSPS) is 13.5. The lowest BCUT2D eigenvalue weighted by Crippen LogP contribution is -2.07. The van der Waals surface area contributed by atoms with Crippen LogP contribution in [0.15, 0.2) is 35.4 Å². The summed E-state index contributed by atoms with van der Waals surface area (Å²) >= 11 is 0. The summed E-state index contributed by atoms with van der Waals surface area (Å²) in [5, 5.41) is 0. The highest BCUT2D eigenvalue weighted by atomic mass is 15.2. The first kappa shape index (κ1) is 40.0. The average molecular weight is 653 g/mol. The van der Waals surface area contributed by atoms with E-state index in [9.17, 15) is 5.53 Å². The van der Waals surface area contributed by atoms with Gasteiger partial charge >= 0.3 is 0 Å². The van der Waals surface area contributed by atoms with Crippen molar-refractivity contribution < 1.29 is 4.70 Å². The smallest absolute Gasteiger partial charge is 0.211 e. The molecule has 0 aromatic heterocycles. The summed E-state index contributed by atoms with van der Waals surface area (Å²) in [6.07, 6.45) is 27.3. The summed E-state index contributed by atoms with van der Waals surface area (Å²) in [6.45, 7) is 18.2. The zero-order valence-electron chi connectivity index (χ0n) is 32.8. The molecular formula is C46H72N2. The number of allylic oxidation sites excluding steroid dienone is 2. The molecule has 0 spiro atoms. The van der Waals surface area contributed by atoms with Crippen molar-refractivity contribution in [1.29, 1.82) is 0 Å². The minimum atomic E-state index is 1.03. The van der Waals surface area contributed by atoms with Gasteiger partial charge in [0.25, 0.3) is 0 Å². The van der Waals surface area contributed by atoms with Crippen LogP contribution in [-0.4, -0.2) is 4.70 Å². The Hall–Kier alpha value is -2.48. The Balaban J connectivity index is 2.08. The Bertz CT molecular complexity index is 1320. The van der Waals surface area contributed by atoms with Crippen molar-refractivity contribution in [3.8, 4) is 0 Å². The molecule has 0 atom stereocenters. The van der Waals surface area contributed by atoms with Crippen molar-refractivity contribution in [3.63, 3.8) is 0 Å². The molecule has 2 heteroatoms. The minimum Gasteiger partial charge on any atom is -0.493 e. The van der Waals surface area contributed by atoms with Gasteiger partial charge in [0, 0.05) is 22.3 Å². The molecule has 3 rings (SSSR count). The molecule has 0 amide bonds. The van der Waals surface area contributed by atoms with Gasteiger partial charge in [0.1, 0.15) is 0 Å². The lowest BCUT2D eigenvalue weighted by molar-refractivity contribution is -0.345. The second-order valence-corrected chi connectivity index (χ2v) is 15.0. The SMILES string of the molecule is CCCCCCCCCCCCC1=C(c2cc(CCC)c(CCC)c(CCC)c2)[N+](=[N-])C(c2cc(C)c(C)c(C)c2)=C1CCCCCC. The molecule has 1 aliphatic rings. The van der Waals surface area contributed by atoms with Gasteiger partial charge in [0.15, 0.2) is 0 Å². The summed E-state index contributed by atoms with van der Waals surface area (Å²) in [5.74, 6) is 0. The quantitative estimate of drug-likeness (QED) is 0.0796. The first-order valence-electron chi connectivity index (χ1n) is 20.5. The highest BCUT2D eigenvalue weighted by Gasteiger charge is 2.36. The van der Waals surface area contributed by atoms with Crippen LogP contribution in [0.3, 0.4) is 0 Å². The van der Waals surface area contributed by atoms with E-state index >= 15 is 0 Å². The Labute approximate surface area is 297 Å². The van der Waals surface area contributed by atoms with Gasteiger partial charge in [-0.05, 0) is 123 Å². The second-order valence-electron chi connectivity index (χ2n) is 15.0. The molecule has 0 saturated heterocycles. The van der Waals surface area contributed by atoms with E-state index in [2.05, 4.69) is 79.7 Å². The summed E-state index contributed by atoms with van der Waals surface area (Å²) in [4.78, 5) is 0. The molecule has 0 aliphatic carbocycles. The molecule has 0 fully saturated rings. The molecule has 1 heterocycles. The fourth-order valence-corrected chi connectivity index (χ4v) is 7.97. The van der Waals surface area contributed by atoms with Gasteiger partial charge in [-0.25, -0.2) is 4.70 Å². The Morgan fingerprint density at radius 3 is 1.23 bits per heavy atom. The third-order valence-corrected chi connectivity index (χ3v) is 10.9. The summed E-state index contributed by atoms with van der Waals surface area (Å²) < 4.78 is 1.64. The predicted molar refractivity (Wildman–Crippen MR) is 212 cm³/mol. The average Bonchev–Trinajstić information content (AvgIpc) is 3.34. The number of benzene rings is 2. The van der Waals surface area contributed by atoms with E-state index in [0.29, 0.717) is 0 Å². The Morgan fingerprint density at radius 1 is 0.438 bits per heavy atom. The largest absolute Gasteiger partial charge is 0.493 e. The Morgan fingerprint density at radius 2 is 0.812 bits per heavy atom. The van der Waals surface area contributed by atoms with E-state index in [1.807, 2.05) is 0 Å². The number of aryl methyl sites for hydroxylation is 4. The maximum atomic E-state index is 12.4. The van der Waals surface area contributed by atoms with Crippen LogP contribution in [0.1, 0.15) is 201 Å². The zero-order chi connectivity index (χ0) is 34.9. The van der Waals surface area contributed by atoms with Gasteiger partial charge in [-0.2, -0.15) is 0 Å². The van der Waals surface area contributed by atoms with Crippen molar-refractivity contribution in [1.82, 2.24) is 0 Å². The molecule has 266 valence electrons. The lowest BCUT2D eigenvalue weighted by atomic mass is 9.87. The number of hydrogen-bond acceptors (Lipinski definition) is 0. The third-order valence-electron chi connectivity index (χ3n) is 10.9. The molecule has 48 heavy (non-hydrogen) atoms. The molecule has 2 aromatic rings. The number of hydrogen-bond donors (Lipinski definition) is 0. The van der Waals surface area contributed by atoms with Gasteiger partial charge < -0.3 is 5.53 Å². The van der Waals surface area contributed by atoms with E-state index in [-0.39, 0.29) is 0 Å². The van der Waals surface area contributed by atoms with Crippen LogP contribution < -0.4 is 0 Å². The Kier molecular flexibility index (Phi) is 18.0. The van der Waals surface area contributed by atoms with Crippen LogP contribution in [-0.2, 0) is 19.3 Å². The monoisotopic (exact) mass is 653 g/mol. The molecule has 0 saturated carbocycles. The van der Waals surface area contributed by atoms with Crippen LogP contribution in [0, 0.1) is 20.8 Å². The zero-order valence-corrected chi connectivity index (χ0v) is 32.8. The van der Waals surface area contributed by atoms with Crippen molar-refractivity contribution in [2.24, 2.45) is 0 Å². The van der Waals surface area contributed by atoms with Gasteiger partial charge in [-0.1, -0.05) is 131 Å². The van der Waals surface area contributed by atoms with E-state index in [4.69, 9.17) is 0 Å². The number of nitrogens with zero attached hydrogens (tertiary/aromatic N) is 2. The topological polar surface area (TPSA) is 25.3 Å². The fraction of sp³-hybridized carbons (Fsp3) is 0.652. The van der Waals surface area contributed by atoms with Gasteiger partial charge in [0.2, 0.25) is 11.4 Å². The summed E-state index contributed by atoms with van der Waals surface area (Å²) in [6, 6.07) is 9.58. The third kappa shape index (κ3) is 11.0. The second kappa shape index (κ2) is 21.6. The molecule has 2 aromatic carbocycles. The van der Waals surface area contributed by atoms with Crippen molar-refractivity contribution in [2.75, 3.05) is 0 Å². The first-order chi connectivity index (χ1) is 23.3. The molecule has 0 bridgehead atoms. The lowest BCUT2D eigenvalue weighted by Gasteiger charge is -2.18. The van der Waals surface area contributed by atoms with E-state index in [1.165, 1.54) is 146 Å². The van der Waals surface area contributed by atoms with Crippen LogP contribution in [0.2, 0.25) is 0 Å². The van der Waals surface area contributed by atoms with E-state index in [0.717, 1.165) is 56.3 Å². The minimum absolute atomic E-state index is 1.03. The first-order valence-corrected chi connectivity index (χ1v) is 20.5. The summed E-state index contributed by atoms with van der Waals surface area (Å²) in [7, 11) is 0. The summed E-state index contributed by atoms with van der Waals surface area (Å²) in [5.41, 5.74) is 28.3. The fourth-order valence-electron chi connectivity index (χ4n) is 7.97. The molecule has 0 radical (unpaired) electrons. The van der Waals surface area contributed by atoms with Gasteiger partial charge in [-0.15, -0.1) is 0 Å². The standard InChI is InChI=1S/C46H72N2/c1-9-14-16-18-19-20-21-22-23-25-30-44-43(29-24-17-15-10-2)45(40-31-35(6)37(8)36(7)32-40)48(47)46(44)41-33-38(26-11-3)42(28-13-5)39(34-41)27-12-4/h31-34H,9-30H2,1-8H3. The molecular weight excluding hydrogens is 581 g/mol. The van der Waals surface area contributed by atoms with Crippen molar-refractivity contribution in [3.05, 3.63) is 85.5 Å². The van der Waals surface area contributed by atoms with Crippen LogP contribution in [0.5, 0.6) is 0 Å². The van der Waals surface area contributed by atoms with Gasteiger partial charge in [0.05, 0.1) is 0 Å². The van der Waals surface area contributed by atoms with Crippen LogP contribution >= 0.6 is 0 Å². The number of rotatable bonds is 24. The maximum absolute atomic E-state index is 12.4. The maximum Gasteiger partial charge on any atom is 0.211 e. The van der Waals surface area contributed by atoms with Crippen molar-refractivity contribution >= 4 is 11.4 Å². The van der Waals surface area contributed by atoms with E-state index < -0.39 is 0 Å². The molecule has 2 nitrogen and oxygen atoms in total. The highest BCUT2D eigenvalue weighted by molar-refractivity contribution is 5.83. The predicted octanol–water partition coefficient (Wildman–Crippen LogP) is 14.9. The van der Waals surface area contributed by atoms with Crippen LogP contribution in [0.25, 0.3) is 16.9 Å². The molecule has 1 aliphatic heterocycles. The van der Waals surface area contributed by atoms with Crippen LogP contribution in [0.4, 0.5) is 0 Å². The molecule has 0 unspecified atom stereocenters. The number of unbranched alkanes of at least 4 members (excludes halogenated alkanes) is 12. The van der Waals surface area contributed by atoms with Crippen molar-refractivity contribution in [2.45, 2.75) is 197 Å². The van der Waals surface area contributed by atoms with E-state index in [1.54, 1.807) is 10.3 Å². The molecule has 0 N–H and O–H groups in total. The highest BCUT2D eigenvalue weighted by Crippen LogP contribution is 2.46.